The molecule has 0 aliphatic rings. The summed E-state index contributed by atoms with van der Waals surface area (Å²) in [5.41, 5.74) is 11.5. The van der Waals surface area contributed by atoms with Crippen LogP contribution < -0.4 is 11.5 Å². The highest BCUT2D eigenvalue weighted by molar-refractivity contribution is 4.63. The van der Waals surface area contributed by atoms with Gasteiger partial charge in [0.1, 0.15) is 0 Å². The maximum absolute atomic E-state index is 6.07. The average Bonchev–Trinajstić information content (AvgIpc) is 2.30. The number of rotatable bonds is 13. The predicted molar refractivity (Wildman–Crippen MR) is 82.7 cm³/mol. The first-order chi connectivity index (χ1) is 8.66. The van der Waals surface area contributed by atoms with E-state index in [2.05, 4.69) is 13.8 Å². The van der Waals surface area contributed by atoms with E-state index in [9.17, 15) is 0 Å². The molecule has 0 saturated heterocycles. The van der Waals surface area contributed by atoms with E-state index >= 15 is 0 Å². The molecule has 0 amide bonds. The van der Waals surface area contributed by atoms with Crippen LogP contribution in [0, 0.1) is 5.92 Å². The molecular weight excluding hydrogens is 220 g/mol. The second kappa shape index (κ2) is 13.4. The van der Waals surface area contributed by atoms with E-state index in [0.29, 0.717) is 6.04 Å². The van der Waals surface area contributed by atoms with Gasteiger partial charge in [-0.15, -0.1) is 0 Å². The second-order valence-corrected chi connectivity index (χ2v) is 6.15. The van der Waals surface area contributed by atoms with Gasteiger partial charge in [-0.3, -0.25) is 0 Å². The molecular formula is C16H36N2. The fourth-order valence-electron chi connectivity index (χ4n) is 2.51. The summed E-state index contributed by atoms with van der Waals surface area (Å²) in [5.74, 6) is 0.744. The Morgan fingerprint density at radius 2 is 1.17 bits per heavy atom. The van der Waals surface area contributed by atoms with E-state index in [1.165, 1.54) is 70.6 Å². The monoisotopic (exact) mass is 256 g/mol. The van der Waals surface area contributed by atoms with Gasteiger partial charge in [0.15, 0.2) is 0 Å². The zero-order valence-corrected chi connectivity index (χ0v) is 12.8. The first-order valence-corrected chi connectivity index (χ1v) is 8.12. The van der Waals surface area contributed by atoms with Crippen LogP contribution >= 0.6 is 0 Å². The van der Waals surface area contributed by atoms with Gasteiger partial charge in [-0.1, -0.05) is 65.2 Å². The zero-order chi connectivity index (χ0) is 13.6. The SMILES string of the molecule is CC(C)CC(N)CCCCCCCCCCCN. The maximum Gasteiger partial charge on any atom is 0.00412 e. The van der Waals surface area contributed by atoms with Crippen molar-refractivity contribution in [1.29, 1.82) is 0 Å². The Morgan fingerprint density at radius 1 is 0.722 bits per heavy atom. The van der Waals surface area contributed by atoms with Crippen molar-refractivity contribution >= 4 is 0 Å². The highest BCUT2D eigenvalue weighted by Gasteiger charge is 2.04. The van der Waals surface area contributed by atoms with Gasteiger partial charge in [0.05, 0.1) is 0 Å². The van der Waals surface area contributed by atoms with Gasteiger partial charge in [0, 0.05) is 6.04 Å². The Bertz CT molecular complexity index is 157. The summed E-state index contributed by atoms with van der Waals surface area (Å²) in [4.78, 5) is 0. The van der Waals surface area contributed by atoms with Gasteiger partial charge in [-0.2, -0.15) is 0 Å². The molecule has 0 aliphatic carbocycles. The summed E-state index contributed by atoms with van der Waals surface area (Å²) < 4.78 is 0. The topological polar surface area (TPSA) is 52.0 Å². The van der Waals surface area contributed by atoms with Crippen molar-refractivity contribution < 1.29 is 0 Å². The summed E-state index contributed by atoms with van der Waals surface area (Å²) in [6.07, 6.45) is 14.6. The molecule has 2 heteroatoms. The van der Waals surface area contributed by atoms with Crippen LogP contribution in [0.3, 0.4) is 0 Å². The van der Waals surface area contributed by atoms with Crippen molar-refractivity contribution in [3.63, 3.8) is 0 Å². The first kappa shape index (κ1) is 17.9. The van der Waals surface area contributed by atoms with Crippen LogP contribution in [0.25, 0.3) is 0 Å². The van der Waals surface area contributed by atoms with Gasteiger partial charge in [-0.05, 0) is 31.7 Å². The molecule has 0 spiro atoms. The predicted octanol–water partition coefficient (Wildman–Crippen LogP) is 4.22. The largest absolute Gasteiger partial charge is 0.330 e. The molecule has 0 bridgehead atoms. The number of nitrogens with two attached hydrogens (primary N) is 2. The molecule has 0 radical (unpaired) electrons. The normalized spacial score (nSPS) is 13.2. The number of hydrogen-bond acceptors (Lipinski definition) is 2. The highest BCUT2D eigenvalue weighted by atomic mass is 14.6. The van der Waals surface area contributed by atoms with Crippen molar-refractivity contribution in [2.24, 2.45) is 17.4 Å². The van der Waals surface area contributed by atoms with Gasteiger partial charge in [0.25, 0.3) is 0 Å². The lowest BCUT2D eigenvalue weighted by Crippen LogP contribution is -2.21. The third kappa shape index (κ3) is 14.0. The molecule has 0 fully saturated rings. The summed E-state index contributed by atoms with van der Waals surface area (Å²) >= 11 is 0. The molecule has 0 rings (SSSR count). The van der Waals surface area contributed by atoms with Gasteiger partial charge < -0.3 is 11.5 Å². The van der Waals surface area contributed by atoms with E-state index in [4.69, 9.17) is 11.5 Å². The molecule has 2 nitrogen and oxygen atoms in total. The Balaban J connectivity index is 3.07. The average molecular weight is 256 g/mol. The van der Waals surface area contributed by atoms with Crippen LogP contribution in [0.5, 0.6) is 0 Å². The summed E-state index contributed by atoms with van der Waals surface area (Å²) in [6, 6.07) is 0.432. The van der Waals surface area contributed by atoms with E-state index in [1.54, 1.807) is 0 Å². The molecule has 0 aromatic heterocycles. The van der Waals surface area contributed by atoms with Gasteiger partial charge >= 0.3 is 0 Å². The summed E-state index contributed by atoms with van der Waals surface area (Å²) in [5, 5.41) is 0. The molecule has 18 heavy (non-hydrogen) atoms. The highest BCUT2D eigenvalue weighted by Crippen LogP contribution is 2.13. The van der Waals surface area contributed by atoms with E-state index in [-0.39, 0.29) is 0 Å². The number of unbranched alkanes of at least 4 members (excludes halogenated alkanes) is 8. The molecule has 0 aromatic carbocycles. The third-order valence-corrected chi connectivity index (χ3v) is 3.55. The van der Waals surface area contributed by atoms with Crippen LogP contribution in [-0.2, 0) is 0 Å². The Hall–Kier alpha value is -0.0800. The molecule has 4 N–H and O–H groups in total. The molecule has 1 atom stereocenters. The van der Waals surface area contributed by atoms with Crippen LogP contribution in [0.4, 0.5) is 0 Å². The Kier molecular flexibility index (Phi) is 13.3. The summed E-state index contributed by atoms with van der Waals surface area (Å²) in [6.45, 7) is 5.37. The number of hydrogen-bond donors (Lipinski definition) is 2. The lowest BCUT2D eigenvalue weighted by atomic mass is 9.98. The van der Waals surface area contributed by atoms with Crippen molar-refractivity contribution in [3.8, 4) is 0 Å². The Morgan fingerprint density at radius 3 is 1.61 bits per heavy atom. The van der Waals surface area contributed by atoms with Crippen LogP contribution in [0.15, 0.2) is 0 Å². The molecule has 110 valence electrons. The van der Waals surface area contributed by atoms with E-state index in [1.807, 2.05) is 0 Å². The fourth-order valence-corrected chi connectivity index (χ4v) is 2.51. The fraction of sp³-hybridized carbons (Fsp3) is 1.00. The van der Waals surface area contributed by atoms with Crippen molar-refractivity contribution in [2.75, 3.05) is 6.54 Å². The van der Waals surface area contributed by atoms with Crippen molar-refractivity contribution in [3.05, 3.63) is 0 Å². The van der Waals surface area contributed by atoms with Crippen LogP contribution in [-0.4, -0.2) is 12.6 Å². The minimum atomic E-state index is 0.432. The lowest BCUT2D eigenvalue weighted by Gasteiger charge is -2.13. The van der Waals surface area contributed by atoms with E-state index in [0.717, 1.165) is 12.5 Å². The molecule has 0 aromatic rings. The maximum atomic E-state index is 6.07. The smallest absolute Gasteiger partial charge is 0.00412 e. The minimum absolute atomic E-state index is 0.432. The Labute approximate surface area is 115 Å². The second-order valence-electron chi connectivity index (χ2n) is 6.15. The lowest BCUT2D eigenvalue weighted by molar-refractivity contribution is 0.450. The molecule has 0 aliphatic heterocycles. The standard InChI is InChI=1S/C16H36N2/c1-15(2)14-16(18)12-10-8-6-4-3-5-7-9-11-13-17/h15-16H,3-14,17-18H2,1-2H3. The zero-order valence-electron chi connectivity index (χ0n) is 12.8. The van der Waals surface area contributed by atoms with Crippen LogP contribution in [0.1, 0.15) is 84.5 Å². The van der Waals surface area contributed by atoms with E-state index < -0.39 is 0 Å². The first-order valence-electron chi connectivity index (χ1n) is 8.12. The molecule has 1 unspecified atom stereocenters. The third-order valence-electron chi connectivity index (χ3n) is 3.55. The van der Waals surface area contributed by atoms with Crippen molar-refractivity contribution in [1.82, 2.24) is 0 Å². The van der Waals surface area contributed by atoms with Crippen LogP contribution in [0.2, 0.25) is 0 Å². The van der Waals surface area contributed by atoms with Gasteiger partial charge in [0.2, 0.25) is 0 Å². The molecule has 0 heterocycles. The quantitative estimate of drug-likeness (QED) is 0.485. The van der Waals surface area contributed by atoms with Crippen molar-refractivity contribution in [2.45, 2.75) is 90.5 Å². The van der Waals surface area contributed by atoms with Gasteiger partial charge in [-0.25, -0.2) is 0 Å². The molecule has 0 saturated carbocycles. The minimum Gasteiger partial charge on any atom is -0.330 e. The summed E-state index contributed by atoms with van der Waals surface area (Å²) in [7, 11) is 0.